The SMILES string of the molecule is CCC1C(c2ccc(C3=CCN(C)CC3)cc2)=CC=C1[N+](=O)[O-]. The summed E-state index contributed by atoms with van der Waals surface area (Å²) in [6.45, 7) is 4.09. The van der Waals surface area contributed by atoms with Gasteiger partial charge in [0.2, 0.25) is 0 Å². The molecule has 1 aliphatic carbocycles. The molecule has 1 aliphatic heterocycles. The van der Waals surface area contributed by atoms with E-state index in [9.17, 15) is 10.1 Å². The van der Waals surface area contributed by atoms with Gasteiger partial charge in [-0.25, -0.2) is 0 Å². The lowest BCUT2D eigenvalue weighted by molar-refractivity contribution is -0.431. The first-order chi connectivity index (χ1) is 11.1. The monoisotopic (exact) mass is 310 g/mol. The molecule has 0 N–H and O–H groups in total. The normalized spacial score (nSPS) is 21.7. The first kappa shape index (κ1) is 15.7. The largest absolute Gasteiger partial charge is 0.302 e. The Bertz CT molecular complexity index is 699. The minimum absolute atomic E-state index is 0.0987. The van der Waals surface area contributed by atoms with E-state index in [1.807, 2.05) is 13.0 Å². The van der Waals surface area contributed by atoms with Gasteiger partial charge in [0.15, 0.2) is 0 Å². The Labute approximate surface area is 137 Å². The second kappa shape index (κ2) is 6.50. The maximum absolute atomic E-state index is 11.1. The number of likely N-dealkylation sites (N-methyl/N-ethyl adjacent to an activating group) is 1. The molecule has 0 saturated carbocycles. The molecule has 0 aromatic heterocycles. The molecule has 0 bridgehead atoms. The topological polar surface area (TPSA) is 46.4 Å². The van der Waals surface area contributed by atoms with Gasteiger partial charge in [-0.3, -0.25) is 10.1 Å². The van der Waals surface area contributed by atoms with Crippen LogP contribution in [0, 0.1) is 16.0 Å². The lowest BCUT2D eigenvalue weighted by atomic mass is 9.90. The molecular weight excluding hydrogens is 288 g/mol. The maximum Gasteiger partial charge on any atom is 0.253 e. The van der Waals surface area contributed by atoms with E-state index in [1.54, 1.807) is 6.08 Å². The summed E-state index contributed by atoms with van der Waals surface area (Å²) in [5.41, 5.74) is 5.11. The zero-order valence-corrected chi connectivity index (χ0v) is 13.7. The number of hydrogen-bond donors (Lipinski definition) is 0. The van der Waals surface area contributed by atoms with Gasteiger partial charge in [0.25, 0.3) is 5.70 Å². The Morgan fingerprint density at radius 2 is 1.91 bits per heavy atom. The Hall–Kier alpha value is -2.20. The van der Waals surface area contributed by atoms with Crippen molar-refractivity contribution in [2.24, 2.45) is 5.92 Å². The molecule has 0 fully saturated rings. The molecule has 4 nitrogen and oxygen atoms in total. The highest BCUT2D eigenvalue weighted by molar-refractivity contribution is 5.76. The van der Waals surface area contributed by atoms with Gasteiger partial charge in [-0.05, 0) is 42.2 Å². The van der Waals surface area contributed by atoms with E-state index in [4.69, 9.17) is 0 Å². The van der Waals surface area contributed by atoms with E-state index in [2.05, 4.69) is 42.3 Å². The summed E-state index contributed by atoms with van der Waals surface area (Å²) in [6, 6.07) is 8.48. The Morgan fingerprint density at radius 1 is 1.22 bits per heavy atom. The second-order valence-corrected chi connectivity index (χ2v) is 6.25. The van der Waals surface area contributed by atoms with Gasteiger partial charge in [0, 0.05) is 19.2 Å². The summed E-state index contributed by atoms with van der Waals surface area (Å²) in [5, 5.41) is 11.1. The van der Waals surface area contributed by atoms with Crippen molar-refractivity contribution in [3.05, 3.63) is 69.4 Å². The third-order valence-electron chi connectivity index (χ3n) is 4.79. The molecule has 1 unspecified atom stereocenters. The van der Waals surface area contributed by atoms with Crippen LogP contribution in [0.5, 0.6) is 0 Å². The minimum atomic E-state index is -0.255. The Kier molecular flexibility index (Phi) is 4.44. The average Bonchev–Trinajstić information content (AvgIpc) is 3.00. The molecule has 1 aromatic carbocycles. The van der Waals surface area contributed by atoms with E-state index >= 15 is 0 Å². The predicted molar refractivity (Wildman–Crippen MR) is 93.4 cm³/mol. The van der Waals surface area contributed by atoms with Gasteiger partial charge in [-0.2, -0.15) is 0 Å². The highest BCUT2D eigenvalue weighted by atomic mass is 16.6. The summed E-state index contributed by atoms with van der Waals surface area (Å²) in [6.07, 6.45) is 7.66. The number of rotatable bonds is 4. The van der Waals surface area contributed by atoms with Crippen LogP contribution >= 0.6 is 0 Å². The van der Waals surface area contributed by atoms with Crippen molar-refractivity contribution < 1.29 is 4.92 Å². The highest BCUT2D eigenvalue weighted by Gasteiger charge is 2.30. The number of benzene rings is 1. The maximum atomic E-state index is 11.1. The number of allylic oxidation sites excluding steroid dienone is 3. The van der Waals surface area contributed by atoms with E-state index in [0.717, 1.165) is 37.1 Å². The first-order valence-corrected chi connectivity index (χ1v) is 8.14. The van der Waals surface area contributed by atoms with Crippen LogP contribution in [-0.4, -0.2) is 30.0 Å². The van der Waals surface area contributed by atoms with Crippen LogP contribution in [-0.2, 0) is 0 Å². The van der Waals surface area contributed by atoms with Crippen LogP contribution < -0.4 is 0 Å². The van der Waals surface area contributed by atoms with Crippen LogP contribution in [0.25, 0.3) is 11.1 Å². The van der Waals surface area contributed by atoms with Crippen LogP contribution in [0.1, 0.15) is 30.9 Å². The fourth-order valence-corrected chi connectivity index (χ4v) is 3.39. The average molecular weight is 310 g/mol. The number of nitro groups is 1. The molecule has 120 valence electrons. The molecule has 0 amide bonds. The van der Waals surface area contributed by atoms with Crippen molar-refractivity contribution in [2.75, 3.05) is 20.1 Å². The summed E-state index contributed by atoms with van der Waals surface area (Å²) < 4.78 is 0. The molecule has 1 heterocycles. The fourth-order valence-electron chi connectivity index (χ4n) is 3.39. The summed E-state index contributed by atoms with van der Waals surface area (Å²) in [4.78, 5) is 13.2. The van der Waals surface area contributed by atoms with Gasteiger partial charge >= 0.3 is 0 Å². The molecule has 1 atom stereocenters. The zero-order chi connectivity index (χ0) is 16.4. The third kappa shape index (κ3) is 3.13. The Balaban J connectivity index is 1.80. The van der Waals surface area contributed by atoms with E-state index in [0.29, 0.717) is 5.70 Å². The van der Waals surface area contributed by atoms with Gasteiger partial charge in [-0.1, -0.05) is 43.3 Å². The summed E-state index contributed by atoms with van der Waals surface area (Å²) in [5.74, 6) is -0.0987. The quantitative estimate of drug-likeness (QED) is 0.624. The zero-order valence-electron chi connectivity index (χ0n) is 13.7. The van der Waals surface area contributed by atoms with Crippen molar-refractivity contribution in [3.63, 3.8) is 0 Å². The molecule has 1 aromatic rings. The molecule has 0 saturated heterocycles. The smallest absolute Gasteiger partial charge is 0.253 e. The van der Waals surface area contributed by atoms with Crippen molar-refractivity contribution in [1.82, 2.24) is 4.90 Å². The van der Waals surface area contributed by atoms with E-state index < -0.39 is 0 Å². The van der Waals surface area contributed by atoms with Gasteiger partial charge in [-0.15, -0.1) is 0 Å². The molecule has 4 heteroatoms. The molecule has 0 radical (unpaired) electrons. The van der Waals surface area contributed by atoms with Crippen LogP contribution in [0.2, 0.25) is 0 Å². The van der Waals surface area contributed by atoms with Crippen LogP contribution in [0.3, 0.4) is 0 Å². The van der Waals surface area contributed by atoms with E-state index in [-0.39, 0.29) is 10.8 Å². The molecule has 23 heavy (non-hydrogen) atoms. The highest BCUT2D eigenvalue weighted by Crippen LogP contribution is 2.37. The predicted octanol–water partition coefficient (Wildman–Crippen LogP) is 3.99. The summed E-state index contributed by atoms with van der Waals surface area (Å²) in [7, 11) is 2.13. The third-order valence-corrected chi connectivity index (χ3v) is 4.79. The first-order valence-electron chi connectivity index (χ1n) is 8.14. The fraction of sp³-hybridized carbons (Fsp3) is 0.368. The van der Waals surface area contributed by atoms with Gasteiger partial charge in [0.1, 0.15) is 0 Å². The standard InChI is InChI=1S/C19H22N2O2/c1-3-17-18(8-9-19(17)21(22)23)16-6-4-14(5-7-16)15-10-12-20(2)13-11-15/h4-10,17H,3,11-13H2,1-2H3. The lowest BCUT2D eigenvalue weighted by Gasteiger charge is -2.22. The van der Waals surface area contributed by atoms with Crippen LogP contribution in [0.15, 0.2) is 48.2 Å². The second-order valence-electron chi connectivity index (χ2n) is 6.25. The van der Waals surface area contributed by atoms with Gasteiger partial charge < -0.3 is 4.90 Å². The van der Waals surface area contributed by atoms with Crippen molar-refractivity contribution in [1.29, 1.82) is 0 Å². The van der Waals surface area contributed by atoms with Crippen LogP contribution in [0.4, 0.5) is 0 Å². The molecular formula is C19H22N2O2. The molecule has 0 spiro atoms. The number of nitrogens with zero attached hydrogens (tertiary/aromatic N) is 2. The lowest BCUT2D eigenvalue weighted by Crippen LogP contribution is -2.23. The molecule has 3 rings (SSSR count). The van der Waals surface area contributed by atoms with Crippen molar-refractivity contribution >= 4 is 11.1 Å². The Morgan fingerprint density at radius 3 is 2.48 bits per heavy atom. The van der Waals surface area contributed by atoms with Crippen molar-refractivity contribution in [2.45, 2.75) is 19.8 Å². The minimum Gasteiger partial charge on any atom is -0.302 e. The number of hydrogen-bond acceptors (Lipinski definition) is 3. The molecule has 2 aliphatic rings. The van der Waals surface area contributed by atoms with Crippen molar-refractivity contribution in [3.8, 4) is 0 Å². The summed E-state index contributed by atoms with van der Waals surface area (Å²) >= 11 is 0. The van der Waals surface area contributed by atoms with E-state index in [1.165, 1.54) is 11.1 Å². The van der Waals surface area contributed by atoms with Gasteiger partial charge in [0.05, 0.1) is 10.8 Å².